The Bertz CT molecular complexity index is 889. The summed E-state index contributed by atoms with van der Waals surface area (Å²) in [6, 6.07) is 6.71. The lowest BCUT2D eigenvalue weighted by Crippen LogP contribution is -2.49. The highest BCUT2D eigenvalue weighted by Crippen LogP contribution is 2.22. The minimum absolute atomic E-state index is 0.114. The van der Waals surface area contributed by atoms with Crippen LogP contribution in [0.4, 0.5) is 16.2 Å². The Morgan fingerprint density at radius 3 is 2.31 bits per heavy atom. The second-order valence-corrected chi connectivity index (χ2v) is 7.96. The number of piperidine rings is 1. The molecule has 0 atom stereocenters. The molecule has 2 aromatic rings. The highest BCUT2D eigenvalue weighted by molar-refractivity contribution is 5.94. The van der Waals surface area contributed by atoms with Gasteiger partial charge in [-0.3, -0.25) is 4.79 Å². The molecule has 0 bridgehead atoms. The molecule has 2 aliphatic rings. The quantitative estimate of drug-likeness (QED) is 0.796. The zero-order valence-corrected chi connectivity index (χ0v) is 17.2. The van der Waals surface area contributed by atoms with Gasteiger partial charge in [-0.05, 0) is 50.8 Å². The molecule has 2 fully saturated rings. The van der Waals surface area contributed by atoms with Gasteiger partial charge in [0, 0.05) is 56.6 Å². The molecule has 7 heteroatoms. The number of halogens is 1. The number of anilines is 2. The number of nitrogens with zero attached hydrogens (tertiary/aromatic N) is 5. The molecular formula is C22H28FN5O. The average molecular weight is 397 g/mol. The predicted molar refractivity (Wildman–Crippen MR) is 112 cm³/mol. The van der Waals surface area contributed by atoms with E-state index in [0.29, 0.717) is 37.3 Å². The monoisotopic (exact) mass is 397 g/mol. The van der Waals surface area contributed by atoms with E-state index in [1.54, 1.807) is 24.0 Å². The number of hydrogen-bond donors (Lipinski definition) is 0. The molecular weight excluding hydrogens is 369 g/mol. The predicted octanol–water partition coefficient (Wildman–Crippen LogP) is 3.19. The molecule has 2 saturated heterocycles. The van der Waals surface area contributed by atoms with Crippen molar-refractivity contribution in [1.82, 2.24) is 14.9 Å². The fraction of sp³-hybridized carbons (Fsp3) is 0.500. The summed E-state index contributed by atoms with van der Waals surface area (Å²) in [6.45, 7) is 8.32. The number of piperazine rings is 1. The third kappa shape index (κ3) is 4.33. The molecule has 1 aromatic carbocycles. The van der Waals surface area contributed by atoms with E-state index in [9.17, 15) is 9.18 Å². The minimum Gasteiger partial charge on any atom is -0.353 e. The molecule has 0 unspecified atom stereocenters. The highest BCUT2D eigenvalue weighted by Gasteiger charge is 2.24. The van der Waals surface area contributed by atoms with Crippen LogP contribution in [0.25, 0.3) is 0 Å². The van der Waals surface area contributed by atoms with Crippen molar-refractivity contribution < 1.29 is 9.18 Å². The minimum atomic E-state index is -0.337. The van der Waals surface area contributed by atoms with E-state index in [1.807, 2.05) is 13.0 Å². The van der Waals surface area contributed by atoms with E-state index in [0.717, 1.165) is 30.5 Å². The fourth-order valence-corrected chi connectivity index (χ4v) is 3.98. The third-order valence-corrected chi connectivity index (χ3v) is 5.78. The average Bonchev–Trinajstić information content (AvgIpc) is 2.75. The van der Waals surface area contributed by atoms with Crippen LogP contribution in [-0.2, 0) is 0 Å². The topological polar surface area (TPSA) is 52.6 Å². The lowest BCUT2D eigenvalue weighted by atomic mass is 10.1. The van der Waals surface area contributed by atoms with Crippen LogP contribution in [0.1, 0.15) is 40.9 Å². The highest BCUT2D eigenvalue weighted by atomic mass is 19.1. The van der Waals surface area contributed by atoms with Crippen LogP contribution >= 0.6 is 0 Å². The smallest absolute Gasteiger partial charge is 0.254 e. The molecule has 1 aromatic heterocycles. The summed E-state index contributed by atoms with van der Waals surface area (Å²) in [5.74, 6) is 1.28. The van der Waals surface area contributed by atoms with Crippen molar-refractivity contribution in [2.75, 3.05) is 49.1 Å². The van der Waals surface area contributed by atoms with Crippen LogP contribution in [0, 0.1) is 19.7 Å². The van der Waals surface area contributed by atoms with Gasteiger partial charge in [0.1, 0.15) is 11.6 Å². The first kappa shape index (κ1) is 19.6. The van der Waals surface area contributed by atoms with E-state index in [-0.39, 0.29) is 11.7 Å². The van der Waals surface area contributed by atoms with Crippen LogP contribution in [0.5, 0.6) is 0 Å². The second-order valence-electron chi connectivity index (χ2n) is 7.96. The molecule has 6 nitrogen and oxygen atoms in total. The number of amides is 1. The second kappa shape index (κ2) is 8.35. The summed E-state index contributed by atoms with van der Waals surface area (Å²) < 4.78 is 13.8. The Morgan fingerprint density at radius 2 is 1.62 bits per heavy atom. The van der Waals surface area contributed by atoms with Gasteiger partial charge in [0.25, 0.3) is 5.91 Å². The molecule has 4 rings (SSSR count). The number of carbonyl (C=O) groups excluding carboxylic acids is 1. The van der Waals surface area contributed by atoms with Gasteiger partial charge in [0.2, 0.25) is 5.95 Å². The van der Waals surface area contributed by atoms with Crippen LogP contribution < -0.4 is 9.80 Å². The summed E-state index contributed by atoms with van der Waals surface area (Å²) in [5, 5.41) is 0. The van der Waals surface area contributed by atoms with Gasteiger partial charge in [-0.25, -0.2) is 9.37 Å². The van der Waals surface area contributed by atoms with E-state index in [1.165, 1.54) is 25.3 Å². The normalized spacial score (nSPS) is 17.6. The number of aryl methyl sites for hydroxylation is 2. The Kier molecular flexibility index (Phi) is 5.65. The maximum absolute atomic E-state index is 13.8. The Morgan fingerprint density at radius 1 is 0.897 bits per heavy atom. The van der Waals surface area contributed by atoms with E-state index >= 15 is 0 Å². The maximum atomic E-state index is 13.8. The van der Waals surface area contributed by atoms with Gasteiger partial charge < -0.3 is 14.7 Å². The van der Waals surface area contributed by atoms with Crippen molar-refractivity contribution in [3.63, 3.8) is 0 Å². The van der Waals surface area contributed by atoms with Gasteiger partial charge >= 0.3 is 0 Å². The van der Waals surface area contributed by atoms with Crippen molar-refractivity contribution in [2.24, 2.45) is 0 Å². The first-order chi connectivity index (χ1) is 14.0. The van der Waals surface area contributed by atoms with Crippen molar-refractivity contribution in [2.45, 2.75) is 33.1 Å². The van der Waals surface area contributed by atoms with Gasteiger partial charge in [-0.15, -0.1) is 0 Å². The van der Waals surface area contributed by atoms with E-state index < -0.39 is 0 Å². The third-order valence-electron chi connectivity index (χ3n) is 5.78. The summed E-state index contributed by atoms with van der Waals surface area (Å²) in [4.78, 5) is 28.5. The first-order valence-corrected chi connectivity index (χ1v) is 10.4. The van der Waals surface area contributed by atoms with Gasteiger partial charge in [0.15, 0.2) is 0 Å². The van der Waals surface area contributed by atoms with Crippen molar-refractivity contribution >= 4 is 17.7 Å². The Balaban J connectivity index is 1.43. The molecule has 0 radical (unpaired) electrons. The van der Waals surface area contributed by atoms with Crippen LogP contribution in [0.3, 0.4) is 0 Å². The number of carbonyl (C=O) groups is 1. The molecule has 3 heterocycles. The molecule has 2 aliphatic heterocycles. The molecule has 154 valence electrons. The van der Waals surface area contributed by atoms with Gasteiger partial charge in [-0.2, -0.15) is 4.98 Å². The number of rotatable bonds is 3. The number of benzene rings is 1. The molecule has 0 aliphatic carbocycles. The van der Waals surface area contributed by atoms with E-state index in [2.05, 4.69) is 14.8 Å². The van der Waals surface area contributed by atoms with Crippen LogP contribution in [0.15, 0.2) is 24.3 Å². The first-order valence-electron chi connectivity index (χ1n) is 10.4. The largest absolute Gasteiger partial charge is 0.353 e. The lowest BCUT2D eigenvalue weighted by Gasteiger charge is -2.36. The maximum Gasteiger partial charge on any atom is 0.254 e. The molecule has 0 spiro atoms. The molecule has 1 amide bonds. The zero-order chi connectivity index (χ0) is 20.4. The van der Waals surface area contributed by atoms with Gasteiger partial charge in [0.05, 0.1) is 0 Å². The Labute approximate surface area is 171 Å². The molecule has 0 saturated carbocycles. The van der Waals surface area contributed by atoms with E-state index in [4.69, 9.17) is 4.98 Å². The molecule has 29 heavy (non-hydrogen) atoms. The van der Waals surface area contributed by atoms with Crippen LogP contribution in [-0.4, -0.2) is 60.0 Å². The van der Waals surface area contributed by atoms with Crippen molar-refractivity contribution in [3.05, 3.63) is 46.9 Å². The SMILES string of the molecule is Cc1cc(N2CCN(C(=O)c3ccc(C)c(F)c3)CC2)nc(N2CCCCC2)n1. The van der Waals surface area contributed by atoms with Crippen molar-refractivity contribution in [1.29, 1.82) is 0 Å². The molecule has 0 N–H and O–H groups in total. The summed E-state index contributed by atoms with van der Waals surface area (Å²) in [5.41, 5.74) is 1.92. The summed E-state index contributed by atoms with van der Waals surface area (Å²) in [6.07, 6.45) is 3.65. The summed E-state index contributed by atoms with van der Waals surface area (Å²) >= 11 is 0. The summed E-state index contributed by atoms with van der Waals surface area (Å²) in [7, 11) is 0. The number of aromatic nitrogens is 2. The van der Waals surface area contributed by atoms with Crippen LogP contribution in [0.2, 0.25) is 0 Å². The Hall–Kier alpha value is -2.70. The fourth-order valence-electron chi connectivity index (χ4n) is 3.98. The van der Waals surface area contributed by atoms with Crippen molar-refractivity contribution in [3.8, 4) is 0 Å². The zero-order valence-electron chi connectivity index (χ0n) is 17.2. The number of hydrogen-bond acceptors (Lipinski definition) is 5. The standard InChI is InChI=1S/C22H28FN5O/c1-16-6-7-18(15-19(16)23)21(29)27-12-10-26(11-13-27)20-14-17(2)24-22(25-20)28-8-4-3-5-9-28/h6-7,14-15H,3-5,8-13H2,1-2H3. The van der Waals surface area contributed by atoms with Gasteiger partial charge in [-0.1, -0.05) is 6.07 Å². The lowest BCUT2D eigenvalue weighted by molar-refractivity contribution is 0.0746.